The Hall–Kier alpha value is -0.780. The maximum Gasteiger partial charge on any atom is -0.0132 e. The normalized spacial score (nSPS) is 9.07. The molecule has 0 bridgehead atoms. The van der Waals surface area contributed by atoms with Crippen molar-refractivity contribution in [2.45, 2.75) is 53.9 Å². The molecule has 0 heteroatoms. The first-order chi connectivity index (χ1) is 6.61. The van der Waals surface area contributed by atoms with Crippen LogP contribution in [0.2, 0.25) is 0 Å². The quantitative estimate of drug-likeness (QED) is 0.543. The molecule has 82 valence electrons. The minimum absolute atomic E-state index is 0.293. The van der Waals surface area contributed by atoms with Gasteiger partial charge >= 0.3 is 0 Å². The fraction of sp³-hybridized carbons (Fsp3) is 0.571. The van der Waals surface area contributed by atoms with Gasteiger partial charge in [0, 0.05) is 0 Å². The number of hydrogen-bond acceptors (Lipinski definition) is 0. The zero-order valence-electron chi connectivity index (χ0n) is 10.9. The van der Waals surface area contributed by atoms with Crippen molar-refractivity contribution in [2.24, 2.45) is 0 Å². The van der Waals surface area contributed by atoms with Crippen LogP contribution in [0.1, 0.15) is 54.0 Å². The fourth-order valence-electron chi connectivity index (χ4n) is 0.938. The minimum atomic E-state index is 0.293. The van der Waals surface area contributed by atoms with E-state index in [9.17, 15) is 0 Å². The Bertz CT molecular complexity index is 191. The van der Waals surface area contributed by atoms with Crippen molar-refractivity contribution in [3.8, 4) is 0 Å². The van der Waals surface area contributed by atoms with Gasteiger partial charge in [0.15, 0.2) is 0 Å². The van der Waals surface area contributed by atoms with Crippen molar-refractivity contribution < 1.29 is 0 Å². The van der Waals surface area contributed by atoms with Crippen molar-refractivity contribution >= 4 is 0 Å². The van der Waals surface area contributed by atoms with E-state index < -0.39 is 0 Å². The molecule has 0 aliphatic carbocycles. The zero-order valence-corrected chi connectivity index (χ0v) is 10.9. The Morgan fingerprint density at radius 3 is 1.29 bits per heavy atom. The Labute approximate surface area is 90.4 Å². The molecule has 0 unspecified atom stereocenters. The largest absolute Gasteiger partial charge is 0.0683 e. The highest BCUT2D eigenvalue weighted by Gasteiger charge is 2.11. The molecular weight excluding hydrogens is 168 g/mol. The van der Waals surface area contributed by atoms with Crippen molar-refractivity contribution in [3.63, 3.8) is 0 Å². The zero-order chi connectivity index (χ0) is 11.6. The van der Waals surface area contributed by atoms with Crippen LogP contribution in [-0.2, 0) is 5.41 Å². The lowest BCUT2D eigenvalue weighted by Gasteiger charge is -2.18. The summed E-state index contributed by atoms with van der Waals surface area (Å²) in [7, 11) is 0. The summed E-state index contributed by atoms with van der Waals surface area (Å²) in [6.07, 6.45) is 0. The van der Waals surface area contributed by atoms with E-state index in [0.717, 1.165) is 0 Å². The Kier molecular flexibility index (Phi) is 9.86. The molecule has 0 saturated carbocycles. The van der Waals surface area contributed by atoms with Crippen LogP contribution in [0.4, 0.5) is 0 Å². The molecule has 0 aliphatic rings. The van der Waals surface area contributed by atoms with Crippen LogP contribution in [-0.4, -0.2) is 0 Å². The van der Waals surface area contributed by atoms with Gasteiger partial charge in [0.2, 0.25) is 0 Å². The lowest BCUT2D eigenvalue weighted by Crippen LogP contribution is -2.10. The third-order valence-corrected chi connectivity index (χ3v) is 1.64. The van der Waals surface area contributed by atoms with E-state index in [0.29, 0.717) is 5.41 Å². The van der Waals surface area contributed by atoms with Gasteiger partial charge in [0.25, 0.3) is 0 Å². The molecule has 1 rings (SSSR count). The average Bonchev–Trinajstić information content (AvgIpc) is 2.24. The van der Waals surface area contributed by atoms with E-state index >= 15 is 0 Å². The Morgan fingerprint density at radius 1 is 0.714 bits per heavy atom. The molecule has 0 amide bonds. The van der Waals surface area contributed by atoms with Gasteiger partial charge in [-0.15, -0.1) is 0 Å². The monoisotopic (exact) mass is 194 g/mol. The first-order valence-electron chi connectivity index (χ1n) is 5.66. The van der Waals surface area contributed by atoms with Crippen LogP contribution in [0.5, 0.6) is 0 Å². The highest BCUT2D eigenvalue weighted by atomic mass is 14.2. The predicted molar refractivity (Wildman–Crippen MR) is 67.8 cm³/mol. The summed E-state index contributed by atoms with van der Waals surface area (Å²) in [5.74, 6) is 0. The van der Waals surface area contributed by atoms with E-state index in [-0.39, 0.29) is 0 Å². The van der Waals surface area contributed by atoms with Crippen LogP contribution < -0.4 is 0 Å². The molecule has 0 aliphatic heterocycles. The van der Waals surface area contributed by atoms with Crippen molar-refractivity contribution in [1.29, 1.82) is 0 Å². The molecule has 1 aromatic rings. The topological polar surface area (TPSA) is 0 Å². The van der Waals surface area contributed by atoms with Crippen LogP contribution >= 0.6 is 0 Å². The second-order valence-electron chi connectivity index (χ2n) is 3.62. The van der Waals surface area contributed by atoms with Crippen molar-refractivity contribution in [3.05, 3.63) is 35.9 Å². The molecule has 14 heavy (non-hydrogen) atoms. The maximum absolute atomic E-state index is 2.22. The summed E-state index contributed by atoms with van der Waals surface area (Å²) in [5, 5.41) is 0. The highest BCUT2D eigenvalue weighted by molar-refractivity contribution is 5.21. The molecule has 0 spiro atoms. The number of rotatable bonds is 0. The molecule has 0 saturated heterocycles. The molecule has 0 N–H and O–H groups in total. The summed E-state index contributed by atoms with van der Waals surface area (Å²) < 4.78 is 0. The molecule has 0 radical (unpaired) electrons. The molecule has 1 aromatic carbocycles. The molecule has 0 nitrogen and oxygen atoms in total. The second kappa shape index (κ2) is 8.80. The van der Waals surface area contributed by atoms with Crippen molar-refractivity contribution in [1.82, 2.24) is 0 Å². The van der Waals surface area contributed by atoms with Gasteiger partial charge < -0.3 is 0 Å². The van der Waals surface area contributed by atoms with Gasteiger partial charge in [0.05, 0.1) is 0 Å². The lowest BCUT2D eigenvalue weighted by molar-refractivity contribution is 0.590. The van der Waals surface area contributed by atoms with E-state index in [4.69, 9.17) is 0 Å². The molecular formula is C14H26. The number of benzene rings is 1. The first kappa shape index (κ1) is 15.7. The summed E-state index contributed by atoms with van der Waals surface area (Å²) in [6, 6.07) is 10.6. The standard InChI is InChI=1S/C10H14.2C2H6/c1-10(2,3)9-7-5-4-6-8-9;2*1-2/h4-8H,1-3H3;2*1-2H3. The lowest BCUT2D eigenvalue weighted by atomic mass is 9.87. The smallest absolute Gasteiger partial charge is 0.0132 e. The van der Waals surface area contributed by atoms with E-state index in [1.165, 1.54) is 5.56 Å². The summed E-state index contributed by atoms with van der Waals surface area (Å²) in [4.78, 5) is 0. The predicted octanol–water partition coefficient (Wildman–Crippen LogP) is 5.04. The summed E-state index contributed by atoms with van der Waals surface area (Å²) >= 11 is 0. The fourth-order valence-corrected chi connectivity index (χ4v) is 0.938. The van der Waals surface area contributed by atoms with E-state index in [1.54, 1.807) is 0 Å². The second-order valence-corrected chi connectivity index (χ2v) is 3.62. The van der Waals surface area contributed by atoms with Gasteiger partial charge in [-0.3, -0.25) is 0 Å². The average molecular weight is 194 g/mol. The SMILES string of the molecule is CC.CC.CC(C)(C)c1ccccc1. The van der Waals surface area contributed by atoms with Gasteiger partial charge in [-0.25, -0.2) is 0 Å². The van der Waals surface area contributed by atoms with Crippen LogP contribution in [0, 0.1) is 0 Å². The van der Waals surface area contributed by atoms with Crippen LogP contribution in [0.25, 0.3) is 0 Å². The third-order valence-electron chi connectivity index (χ3n) is 1.64. The molecule has 0 aromatic heterocycles. The van der Waals surface area contributed by atoms with Gasteiger partial charge in [-0.05, 0) is 11.0 Å². The minimum Gasteiger partial charge on any atom is -0.0683 e. The third kappa shape index (κ3) is 6.71. The van der Waals surface area contributed by atoms with Gasteiger partial charge in [0.1, 0.15) is 0 Å². The Morgan fingerprint density at radius 2 is 1.07 bits per heavy atom. The summed E-state index contributed by atoms with van der Waals surface area (Å²) in [6.45, 7) is 14.7. The van der Waals surface area contributed by atoms with Gasteiger partial charge in [-0.2, -0.15) is 0 Å². The molecule has 0 atom stereocenters. The summed E-state index contributed by atoms with van der Waals surface area (Å²) in [5.41, 5.74) is 1.69. The van der Waals surface area contributed by atoms with Crippen LogP contribution in [0.3, 0.4) is 0 Å². The molecule has 0 fully saturated rings. The number of hydrogen-bond donors (Lipinski definition) is 0. The van der Waals surface area contributed by atoms with E-state index in [2.05, 4.69) is 51.1 Å². The van der Waals surface area contributed by atoms with Crippen molar-refractivity contribution in [2.75, 3.05) is 0 Å². The Balaban J connectivity index is 0. The highest BCUT2D eigenvalue weighted by Crippen LogP contribution is 2.20. The van der Waals surface area contributed by atoms with Gasteiger partial charge in [-0.1, -0.05) is 78.8 Å². The van der Waals surface area contributed by atoms with E-state index in [1.807, 2.05) is 27.7 Å². The maximum atomic E-state index is 2.22. The van der Waals surface area contributed by atoms with Crippen LogP contribution in [0.15, 0.2) is 30.3 Å². The molecule has 0 heterocycles. The first-order valence-corrected chi connectivity index (χ1v) is 5.66.